The van der Waals surface area contributed by atoms with E-state index in [-0.39, 0.29) is 10.2 Å². The molecule has 1 atom stereocenters. The Hall–Kier alpha value is -2.69. The maximum Gasteiger partial charge on any atom is 0.113 e. The number of allylic oxidation sites excluding steroid dienone is 2. The first kappa shape index (κ1) is 32.7. The highest BCUT2D eigenvalue weighted by Gasteiger charge is 2.36. The van der Waals surface area contributed by atoms with Crippen LogP contribution in [0.5, 0.6) is 0 Å². The Labute approximate surface area is 274 Å². The highest BCUT2D eigenvalue weighted by Crippen LogP contribution is 2.50. The van der Waals surface area contributed by atoms with Crippen LogP contribution in [0.25, 0.3) is 38.2 Å². The molecular weight excluding hydrogens is 573 g/mol. The maximum absolute atomic E-state index is 4.84. The molecule has 0 spiro atoms. The molecule has 0 N–H and O–H groups in total. The Kier molecular flexibility index (Phi) is 10.2. The van der Waals surface area contributed by atoms with Gasteiger partial charge in [0.1, 0.15) is 11.0 Å². The molecule has 0 amide bonds. The summed E-state index contributed by atoms with van der Waals surface area (Å²) < 4.78 is 9.66. The van der Waals surface area contributed by atoms with E-state index in [1.165, 1.54) is 94.1 Å². The van der Waals surface area contributed by atoms with E-state index in [4.69, 9.17) is 8.75 Å². The minimum Gasteiger partial charge on any atom is -0.172 e. The average Bonchev–Trinajstić information content (AvgIpc) is 3.60. The summed E-state index contributed by atoms with van der Waals surface area (Å²) in [4.78, 5) is 1.25. The van der Waals surface area contributed by atoms with Gasteiger partial charge in [-0.3, -0.25) is 0 Å². The first-order chi connectivity index (χ1) is 21.1. The lowest BCUT2D eigenvalue weighted by Gasteiger charge is -2.23. The first-order valence-corrected chi connectivity index (χ1v) is 18.3. The SMILES string of the molecule is C/C=C(\SC(C)(C)/C=C\CC)c1ccc(-c2ccc3c(c2)C(C)(C)c2cc(CCC(CC)CCCC)ccc2-3)c2nsnc12. The van der Waals surface area contributed by atoms with Crippen LogP contribution in [0.15, 0.2) is 66.8 Å². The van der Waals surface area contributed by atoms with Gasteiger partial charge in [0.2, 0.25) is 0 Å². The predicted molar refractivity (Wildman–Crippen MR) is 197 cm³/mol. The van der Waals surface area contributed by atoms with Crippen molar-refractivity contribution in [1.29, 1.82) is 0 Å². The van der Waals surface area contributed by atoms with Gasteiger partial charge in [-0.1, -0.05) is 121 Å². The third-order valence-corrected chi connectivity index (χ3v) is 11.4. The second-order valence-corrected chi connectivity index (χ2v) is 15.7. The van der Waals surface area contributed by atoms with Gasteiger partial charge in [-0.25, -0.2) is 0 Å². The fraction of sp³-hybridized carbons (Fsp3) is 0.450. The number of hydrogen-bond acceptors (Lipinski definition) is 4. The van der Waals surface area contributed by atoms with Gasteiger partial charge < -0.3 is 0 Å². The summed E-state index contributed by atoms with van der Waals surface area (Å²) in [5.41, 5.74) is 12.6. The van der Waals surface area contributed by atoms with Crippen LogP contribution < -0.4 is 0 Å². The summed E-state index contributed by atoms with van der Waals surface area (Å²) in [6.07, 6.45) is 15.6. The molecule has 1 heterocycles. The molecule has 44 heavy (non-hydrogen) atoms. The minimum atomic E-state index is -0.0468. The van der Waals surface area contributed by atoms with Gasteiger partial charge in [-0.15, -0.1) is 11.8 Å². The quantitative estimate of drug-likeness (QED) is 0.139. The van der Waals surface area contributed by atoms with Gasteiger partial charge in [-0.2, -0.15) is 8.75 Å². The first-order valence-electron chi connectivity index (χ1n) is 16.7. The average molecular weight is 623 g/mol. The van der Waals surface area contributed by atoms with E-state index in [2.05, 4.69) is 122 Å². The van der Waals surface area contributed by atoms with Crippen LogP contribution in [0.3, 0.4) is 0 Å². The number of hydrogen-bond donors (Lipinski definition) is 0. The van der Waals surface area contributed by atoms with Crippen molar-refractivity contribution in [2.75, 3.05) is 0 Å². The lowest BCUT2D eigenvalue weighted by Crippen LogP contribution is -2.15. The molecule has 1 unspecified atom stereocenters. The summed E-state index contributed by atoms with van der Waals surface area (Å²) >= 11 is 3.20. The second-order valence-electron chi connectivity index (χ2n) is 13.5. The summed E-state index contributed by atoms with van der Waals surface area (Å²) in [5.74, 6) is 0.839. The fourth-order valence-corrected chi connectivity index (χ4v) is 8.51. The Morgan fingerprint density at radius 1 is 0.909 bits per heavy atom. The van der Waals surface area contributed by atoms with Crippen molar-refractivity contribution in [2.24, 2.45) is 5.92 Å². The highest BCUT2D eigenvalue weighted by atomic mass is 32.2. The van der Waals surface area contributed by atoms with Gasteiger partial charge >= 0.3 is 0 Å². The molecule has 2 nitrogen and oxygen atoms in total. The number of thioether (sulfide) groups is 1. The Morgan fingerprint density at radius 2 is 1.61 bits per heavy atom. The van der Waals surface area contributed by atoms with Crippen LogP contribution in [-0.4, -0.2) is 13.5 Å². The molecule has 0 bridgehead atoms. The number of aryl methyl sites for hydroxylation is 1. The summed E-state index contributed by atoms with van der Waals surface area (Å²) in [5, 5.41) is 0. The van der Waals surface area contributed by atoms with Gasteiger partial charge in [0, 0.05) is 26.2 Å². The zero-order chi connectivity index (χ0) is 31.5. The van der Waals surface area contributed by atoms with Crippen molar-refractivity contribution >= 4 is 39.4 Å². The summed E-state index contributed by atoms with van der Waals surface area (Å²) in [6, 6.07) is 18.8. The molecule has 0 saturated carbocycles. The Morgan fingerprint density at radius 3 is 2.32 bits per heavy atom. The number of aromatic nitrogens is 2. The van der Waals surface area contributed by atoms with Crippen molar-refractivity contribution in [3.63, 3.8) is 0 Å². The van der Waals surface area contributed by atoms with E-state index in [1.807, 2.05) is 11.8 Å². The van der Waals surface area contributed by atoms with Crippen LogP contribution in [0, 0.1) is 5.92 Å². The third kappa shape index (κ3) is 6.63. The van der Waals surface area contributed by atoms with Crippen LogP contribution in [-0.2, 0) is 11.8 Å². The number of benzene rings is 3. The van der Waals surface area contributed by atoms with Gasteiger partial charge in [0.25, 0.3) is 0 Å². The van der Waals surface area contributed by atoms with Crippen LogP contribution in [0.4, 0.5) is 0 Å². The second kappa shape index (κ2) is 13.7. The van der Waals surface area contributed by atoms with Crippen LogP contribution >= 0.6 is 23.5 Å². The van der Waals surface area contributed by atoms with Crippen LogP contribution in [0.2, 0.25) is 0 Å². The molecule has 4 aromatic rings. The Balaban J connectivity index is 1.45. The topological polar surface area (TPSA) is 25.8 Å². The van der Waals surface area contributed by atoms with E-state index in [0.29, 0.717) is 0 Å². The third-order valence-electron chi connectivity index (χ3n) is 9.51. The van der Waals surface area contributed by atoms with E-state index in [1.54, 1.807) is 0 Å². The van der Waals surface area contributed by atoms with Crippen LogP contribution in [0.1, 0.15) is 116 Å². The lowest BCUT2D eigenvalue weighted by molar-refractivity contribution is 0.422. The monoisotopic (exact) mass is 622 g/mol. The van der Waals surface area contributed by atoms with E-state index >= 15 is 0 Å². The molecule has 0 aliphatic heterocycles. The van der Waals surface area contributed by atoms with Gasteiger partial charge in [0.15, 0.2) is 0 Å². The smallest absolute Gasteiger partial charge is 0.113 e. The number of fused-ring (bicyclic) bond motifs is 4. The molecule has 1 aromatic heterocycles. The van der Waals surface area contributed by atoms with Gasteiger partial charge in [0.05, 0.1) is 11.7 Å². The molecular formula is C40H50N2S2. The number of unbranched alkanes of at least 4 members (excludes halogenated alkanes) is 1. The zero-order valence-corrected chi connectivity index (χ0v) is 29.7. The van der Waals surface area contributed by atoms with Crippen molar-refractivity contribution in [3.05, 3.63) is 89.0 Å². The van der Waals surface area contributed by atoms with Crippen molar-refractivity contribution in [2.45, 2.75) is 110 Å². The molecule has 232 valence electrons. The standard InChI is InChI=1S/C40H50N2S2/c1-9-13-15-27(11-3)16-17-28-18-20-31-32-21-19-29(26-35(32)40(7,8)34(31)25-28)30-22-23-33(38-37(30)41-44-42-38)36(12-4)43-39(5,6)24-14-10-2/h12,14,18-27H,9-11,13,15-17H2,1-8H3/b24-14-,36-12-. The normalized spacial score (nSPS) is 15.2. The van der Waals surface area contributed by atoms with Gasteiger partial charge in [-0.05, 0) is 85.4 Å². The fourth-order valence-electron chi connectivity index (χ4n) is 6.81. The lowest BCUT2D eigenvalue weighted by atomic mass is 9.80. The van der Waals surface area contributed by atoms with Crippen molar-refractivity contribution in [1.82, 2.24) is 8.75 Å². The molecule has 1 aliphatic rings. The summed E-state index contributed by atoms with van der Waals surface area (Å²) in [7, 11) is 0. The Bertz CT molecular complexity index is 1670. The van der Waals surface area contributed by atoms with Crippen molar-refractivity contribution in [3.8, 4) is 22.3 Å². The predicted octanol–water partition coefficient (Wildman–Crippen LogP) is 12.7. The van der Waals surface area contributed by atoms with E-state index in [9.17, 15) is 0 Å². The molecule has 1 aliphatic carbocycles. The summed E-state index contributed by atoms with van der Waals surface area (Å²) in [6.45, 7) is 18.3. The molecule has 3 aromatic carbocycles. The number of nitrogens with zero attached hydrogens (tertiary/aromatic N) is 2. The molecule has 4 heteroatoms. The molecule has 0 saturated heterocycles. The highest BCUT2D eigenvalue weighted by molar-refractivity contribution is 8.09. The molecule has 0 radical (unpaired) electrons. The zero-order valence-electron chi connectivity index (χ0n) is 28.1. The van der Waals surface area contributed by atoms with E-state index < -0.39 is 0 Å². The molecule has 0 fully saturated rings. The minimum absolute atomic E-state index is 0.000498. The number of rotatable bonds is 13. The van der Waals surface area contributed by atoms with E-state index in [0.717, 1.165) is 28.9 Å². The molecule has 5 rings (SSSR count). The largest absolute Gasteiger partial charge is 0.172 e. The maximum atomic E-state index is 4.84. The van der Waals surface area contributed by atoms with Crippen molar-refractivity contribution < 1.29 is 0 Å².